The number of nitrogens with zero attached hydrogens (tertiary/aromatic N) is 1. The van der Waals surface area contributed by atoms with E-state index in [0.29, 0.717) is 6.54 Å². The molecule has 0 bridgehead atoms. The monoisotopic (exact) mass is 398 g/mol. The molecule has 3 aromatic rings. The van der Waals surface area contributed by atoms with Crippen LogP contribution in [0.1, 0.15) is 25.5 Å². The van der Waals surface area contributed by atoms with E-state index in [9.17, 15) is 10.2 Å². The molecule has 0 aliphatic heterocycles. The number of aromatic nitrogens is 1. The first kappa shape index (κ1) is 21.2. The Balaban J connectivity index is 1.69. The summed E-state index contributed by atoms with van der Waals surface area (Å²) in [5.41, 5.74) is 1.49. The van der Waals surface area contributed by atoms with Crippen molar-refractivity contribution in [2.45, 2.75) is 32.0 Å². The van der Waals surface area contributed by atoms with Gasteiger partial charge in [-0.25, -0.2) is 0 Å². The van der Waals surface area contributed by atoms with Crippen molar-refractivity contribution in [3.63, 3.8) is 0 Å². The predicted octanol–water partition coefficient (Wildman–Crippen LogP) is 3.12. The summed E-state index contributed by atoms with van der Waals surface area (Å²) in [4.78, 5) is 0. The third kappa shape index (κ3) is 5.09. The van der Waals surface area contributed by atoms with Crippen molar-refractivity contribution in [1.82, 2.24) is 9.88 Å². The van der Waals surface area contributed by atoms with Gasteiger partial charge >= 0.3 is 0 Å². The number of fused-ring (bicyclic) bond motifs is 1. The molecule has 6 nitrogen and oxygen atoms in total. The van der Waals surface area contributed by atoms with Crippen LogP contribution in [0, 0.1) is 0 Å². The molecule has 29 heavy (non-hydrogen) atoms. The Labute approximate surface area is 171 Å². The van der Waals surface area contributed by atoms with E-state index in [0.717, 1.165) is 34.5 Å². The van der Waals surface area contributed by atoms with Crippen molar-refractivity contribution < 1.29 is 19.7 Å². The Hall–Kier alpha value is -2.54. The lowest BCUT2D eigenvalue weighted by Crippen LogP contribution is -2.49. The van der Waals surface area contributed by atoms with Crippen LogP contribution in [-0.4, -0.2) is 47.2 Å². The number of methoxy groups -OCH3 is 1. The molecule has 1 atom stereocenters. The van der Waals surface area contributed by atoms with Gasteiger partial charge in [0.05, 0.1) is 31.4 Å². The number of aliphatic hydroxyl groups is 2. The minimum Gasteiger partial charge on any atom is -0.497 e. The fraction of sp³-hybridized carbons (Fsp3) is 0.391. The highest BCUT2D eigenvalue weighted by Gasteiger charge is 2.20. The summed E-state index contributed by atoms with van der Waals surface area (Å²) in [7, 11) is 1.66. The quantitative estimate of drug-likeness (QED) is 0.489. The van der Waals surface area contributed by atoms with Crippen LogP contribution in [0.5, 0.6) is 11.5 Å². The van der Waals surface area contributed by atoms with E-state index in [4.69, 9.17) is 9.47 Å². The Morgan fingerprint density at radius 2 is 1.72 bits per heavy atom. The summed E-state index contributed by atoms with van der Waals surface area (Å²) in [5.74, 6) is 1.64. The molecule has 0 amide bonds. The highest BCUT2D eigenvalue weighted by molar-refractivity contribution is 5.81. The molecule has 2 aromatic carbocycles. The molecule has 0 saturated carbocycles. The molecule has 0 spiro atoms. The van der Waals surface area contributed by atoms with Gasteiger partial charge in [-0.1, -0.05) is 12.1 Å². The van der Waals surface area contributed by atoms with Crippen LogP contribution in [0.4, 0.5) is 0 Å². The molecule has 6 heteroatoms. The zero-order valence-corrected chi connectivity index (χ0v) is 17.3. The molecule has 1 heterocycles. The Morgan fingerprint density at radius 1 is 1.03 bits per heavy atom. The third-order valence-corrected chi connectivity index (χ3v) is 5.25. The molecule has 0 radical (unpaired) electrons. The second-order valence-electron chi connectivity index (χ2n) is 7.57. The van der Waals surface area contributed by atoms with Crippen LogP contribution < -0.4 is 14.8 Å². The second kappa shape index (κ2) is 9.31. The van der Waals surface area contributed by atoms with Gasteiger partial charge in [-0.15, -0.1) is 0 Å². The maximum atomic E-state index is 9.40. The number of hydrogen-bond donors (Lipinski definition) is 3. The van der Waals surface area contributed by atoms with E-state index in [1.807, 2.05) is 49.5 Å². The fourth-order valence-electron chi connectivity index (χ4n) is 3.22. The maximum Gasteiger partial charge on any atom is 0.122 e. The summed E-state index contributed by atoms with van der Waals surface area (Å²) < 4.78 is 13.5. The van der Waals surface area contributed by atoms with Crippen molar-refractivity contribution >= 4 is 10.9 Å². The lowest BCUT2D eigenvalue weighted by atomic mass is 10.1. The van der Waals surface area contributed by atoms with Crippen molar-refractivity contribution in [3.05, 3.63) is 60.3 Å². The summed E-state index contributed by atoms with van der Waals surface area (Å²) in [5, 5.41) is 23.2. The SMILES string of the molecule is COc1ccc(C(C)Oc2ccc3ccn(CCNC(C)(CO)CO)c3c2)cc1. The highest BCUT2D eigenvalue weighted by Crippen LogP contribution is 2.27. The van der Waals surface area contributed by atoms with Crippen LogP contribution in [0.15, 0.2) is 54.7 Å². The Morgan fingerprint density at radius 3 is 2.38 bits per heavy atom. The first-order valence-corrected chi connectivity index (χ1v) is 9.84. The van der Waals surface area contributed by atoms with Gasteiger partial charge in [0, 0.05) is 25.4 Å². The van der Waals surface area contributed by atoms with Crippen molar-refractivity contribution in [3.8, 4) is 11.5 Å². The molecular formula is C23H30N2O4. The number of rotatable bonds is 10. The molecule has 0 fully saturated rings. The van der Waals surface area contributed by atoms with Crippen LogP contribution in [0.25, 0.3) is 10.9 Å². The average molecular weight is 399 g/mol. The molecule has 3 N–H and O–H groups in total. The van der Waals surface area contributed by atoms with E-state index in [2.05, 4.69) is 22.0 Å². The van der Waals surface area contributed by atoms with Crippen LogP contribution in [0.2, 0.25) is 0 Å². The van der Waals surface area contributed by atoms with Crippen LogP contribution in [0.3, 0.4) is 0 Å². The minimum atomic E-state index is -0.676. The van der Waals surface area contributed by atoms with Crippen LogP contribution in [-0.2, 0) is 6.54 Å². The summed E-state index contributed by atoms with van der Waals surface area (Å²) in [6.07, 6.45) is 1.95. The van der Waals surface area contributed by atoms with E-state index >= 15 is 0 Å². The van der Waals surface area contributed by atoms with Gasteiger partial charge in [-0.05, 0) is 55.1 Å². The smallest absolute Gasteiger partial charge is 0.122 e. The number of hydrogen-bond acceptors (Lipinski definition) is 5. The average Bonchev–Trinajstić information content (AvgIpc) is 3.16. The lowest BCUT2D eigenvalue weighted by Gasteiger charge is -2.26. The molecular weight excluding hydrogens is 368 g/mol. The zero-order valence-electron chi connectivity index (χ0n) is 17.3. The third-order valence-electron chi connectivity index (χ3n) is 5.25. The summed E-state index contributed by atoms with van der Waals surface area (Å²) in [6.45, 7) is 4.95. The van der Waals surface area contributed by atoms with Gasteiger partial charge < -0.3 is 29.6 Å². The maximum absolute atomic E-state index is 9.40. The number of nitrogens with one attached hydrogen (secondary N) is 1. The van der Waals surface area contributed by atoms with Gasteiger partial charge in [0.1, 0.15) is 17.6 Å². The highest BCUT2D eigenvalue weighted by atomic mass is 16.5. The Kier molecular flexibility index (Phi) is 6.79. The van der Waals surface area contributed by atoms with Crippen molar-refractivity contribution in [1.29, 1.82) is 0 Å². The molecule has 156 valence electrons. The molecule has 0 aliphatic rings. The van der Waals surface area contributed by atoms with E-state index in [1.165, 1.54) is 0 Å². The first-order valence-electron chi connectivity index (χ1n) is 9.84. The normalized spacial score (nSPS) is 12.9. The lowest BCUT2D eigenvalue weighted by molar-refractivity contribution is 0.104. The van der Waals surface area contributed by atoms with Crippen LogP contribution >= 0.6 is 0 Å². The number of ether oxygens (including phenoxy) is 2. The number of aliphatic hydroxyl groups excluding tert-OH is 2. The zero-order chi connectivity index (χ0) is 20.9. The van der Waals surface area contributed by atoms with Gasteiger partial charge in [-0.2, -0.15) is 0 Å². The molecule has 3 rings (SSSR count). The van der Waals surface area contributed by atoms with E-state index < -0.39 is 5.54 Å². The van der Waals surface area contributed by atoms with Gasteiger partial charge in [0.2, 0.25) is 0 Å². The Bertz CT molecular complexity index is 916. The second-order valence-corrected chi connectivity index (χ2v) is 7.57. The van der Waals surface area contributed by atoms with Crippen molar-refractivity contribution in [2.75, 3.05) is 26.9 Å². The van der Waals surface area contributed by atoms with Crippen molar-refractivity contribution in [2.24, 2.45) is 0 Å². The van der Waals surface area contributed by atoms with Gasteiger partial charge in [0.15, 0.2) is 0 Å². The number of benzene rings is 2. The van der Waals surface area contributed by atoms with E-state index in [1.54, 1.807) is 14.0 Å². The standard InChI is InChI=1S/C23H30N2O4/c1-17(18-4-7-20(28-3)8-5-18)29-21-9-6-19-10-12-25(22(19)14-21)13-11-24-23(2,15-26)16-27/h4-10,12,14,17,24,26-27H,11,13,15-16H2,1-3H3. The molecule has 0 aliphatic carbocycles. The van der Waals surface area contributed by atoms with Gasteiger partial charge in [0.25, 0.3) is 0 Å². The minimum absolute atomic E-state index is 0.0850. The van der Waals surface area contributed by atoms with Gasteiger partial charge in [-0.3, -0.25) is 0 Å². The predicted molar refractivity (Wildman–Crippen MR) is 115 cm³/mol. The fourth-order valence-corrected chi connectivity index (χ4v) is 3.22. The summed E-state index contributed by atoms with van der Waals surface area (Å²) in [6, 6.07) is 16.0. The molecule has 1 unspecified atom stereocenters. The first-order chi connectivity index (χ1) is 14.0. The molecule has 1 aromatic heterocycles. The largest absolute Gasteiger partial charge is 0.497 e. The van der Waals surface area contributed by atoms with E-state index in [-0.39, 0.29) is 19.3 Å². The topological polar surface area (TPSA) is 75.9 Å². The summed E-state index contributed by atoms with van der Waals surface area (Å²) >= 11 is 0. The molecule has 0 saturated heterocycles.